The van der Waals surface area contributed by atoms with Crippen LogP contribution < -0.4 is 14.8 Å². The van der Waals surface area contributed by atoms with Crippen molar-refractivity contribution in [3.05, 3.63) is 33.9 Å². The van der Waals surface area contributed by atoms with Crippen molar-refractivity contribution in [3.8, 4) is 11.5 Å². The van der Waals surface area contributed by atoms with Crippen LogP contribution in [0, 0.1) is 6.92 Å². The van der Waals surface area contributed by atoms with E-state index in [1.165, 1.54) is 0 Å². The van der Waals surface area contributed by atoms with Gasteiger partial charge in [0.2, 0.25) is 5.91 Å². The van der Waals surface area contributed by atoms with Crippen LogP contribution in [0.5, 0.6) is 11.5 Å². The molecule has 1 heterocycles. The molecule has 28 heavy (non-hydrogen) atoms. The molecule has 1 N–H and O–H groups in total. The highest BCUT2D eigenvalue weighted by Gasteiger charge is 2.32. The van der Waals surface area contributed by atoms with Gasteiger partial charge in [0.05, 0.1) is 20.8 Å². The molecule has 0 radical (unpaired) electrons. The fourth-order valence-electron chi connectivity index (χ4n) is 3.31. The van der Waals surface area contributed by atoms with E-state index >= 15 is 0 Å². The van der Waals surface area contributed by atoms with Gasteiger partial charge < -0.3 is 24.3 Å². The maximum Gasteiger partial charge on any atom is 0.342 e. The zero-order valence-electron chi connectivity index (χ0n) is 17.3. The van der Waals surface area contributed by atoms with Crippen LogP contribution in [0.3, 0.4) is 0 Å². The topological polar surface area (TPSA) is 83.1 Å². The largest absolute Gasteiger partial charge is 0.496 e. The molecule has 0 saturated heterocycles. The average Bonchev–Trinajstić information content (AvgIpc) is 3.07. The molecule has 0 spiro atoms. The second-order valence-electron chi connectivity index (χ2n) is 6.70. The molecule has 154 valence electrons. The first-order valence-electron chi connectivity index (χ1n) is 9.29. The summed E-state index contributed by atoms with van der Waals surface area (Å²) in [4.78, 5) is 24.0. The number of ether oxygens (including phenoxy) is 4. The van der Waals surface area contributed by atoms with E-state index in [-0.39, 0.29) is 18.5 Å². The Morgan fingerprint density at radius 3 is 2.54 bits per heavy atom. The highest BCUT2D eigenvalue weighted by atomic mass is 16.5. The van der Waals surface area contributed by atoms with Crippen LogP contribution in [-0.2, 0) is 27.3 Å². The third-order valence-corrected chi connectivity index (χ3v) is 4.86. The van der Waals surface area contributed by atoms with E-state index in [0.717, 1.165) is 22.3 Å². The summed E-state index contributed by atoms with van der Waals surface area (Å²) in [5, 5.41) is 2.81. The number of rotatable bonds is 10. The molecule has 0 atom stereocenters. The molecule has 2 rings (SSSR count). The number of fused-ring (bicyclic) bond motifs is 1. The lowest BCUT2D eigenvalue weighted by atomic mass is 9.94. The molecule has 0 aromatic heterocycles. The number of hydrogen-bond donors (Lipinski definition) is 1. The van der Waals surface area contributed by atoms with Gasteiger partial charge in [-0.05, 0) is 32.3 Å². The van der Waals surface area contributed by atoms with Crippen molar-refractivity contribution in [2.75, 3.05) is 34.5 Å². The molecule has 0 bridgehead atoms. The summed E-state index contributed by atoms with van der Waals surface area (Å²) in [5.74, 6) is 0.833. The normalized spacial score (nSPS) is 13.2. The van der Waals surface area contributed by atoms with Gasteiger partial charge in [-0.3, -0.25) is 4.79 Å². The molecule has 1 aliphatic rings. The van der Waals surface area contributed by atoms with Gasteiger partial charge in [-0.15, -0.1) is 0 Å². The van der Waals surface area contributed by atoms with E-state index < -0.39 is 0 Å². The lowest BCUT2D eigenvalue weighted by Crippen LogP contribution is -2.26. The van der Waals surface area contributed by atoms with Gasteiger partial charge in [0.25, 0.3) is 0 Å². The highest BCUT2D eigenvalue weighted by Crippen LogP contribution is 2.42. The number of amides is 1. The minimum atomic E-state index is -0.368. The summed E-state index contributed by atoms with van der Waals surface area (Å²) in [6.07, 6.45) is 3.63. The molecular formula is C21H29NO6. The molecule has 1 amide bonds. The first kappa shape index (κ1) is 21.8. The van der Waals surface area contributed by atoms with Crippen LogP contribution in [0.1, 0.15) is 46.8 Å². The number of allylic oxidation sites excluding steroid dienone is 2. The van der Waals surface area contributed by atoms with Crippen LogP contribution in [0.4, 0.5) is 0 Å². The third kappa shape index (κ3) is 4.84. The molecule has 0 fully saturated rings. The molecule has 0 unspecified atom stereocenters. The second kappa shape index (κ2) is 10.1. The number of carbonyl (C=O) groups is 2. The number of nitrogens with one attached hydrogen (secondary N) is 1. The second-order valence-corrected chi connectivity index (χ2v) is 6.70. The van der Waals surface area contributed by atoms with Crippen LogP contribution in [0.2, 0.25) is 0 Å². The van der Waals surface area contributed by atoms with E-state index in [2.05, 4.69) is 5.32 Å². The monoisotopic (exact) mass is 391 g/mol. The zero-order chi connectivity index (χ0) is 20.7. The smallest absolute Gasteiger partial charge is 0.342 e. The molecule has 1 aliphatic heterocycles. The predicted octanol–water partition coefficient (Wildman–Crippen LogP) is 2.71. The van der Waals surface area contributed by atoms with Crippen LogP contribution in [-0.4, -0.2) is 46.4 Å². The Hall–Kier alpha value is -2.54. The van der Waals surface area contributed by atoms with Gasteiger partial charge in [-0.25, -0.2) is 4.79 Å². The summed E-state index contributed by atoms with van der Waals surface area (Å²) in [5.41, 5.74) is 4.08. The van der Waals surface area contributed by atoms with Crippen LogP contribution in [0.15, 0.2) is 11.6 Å². The van der Waals surface area contributed by atoms with E-state index in [1.54, 1.807) is 21.3 Å². The fraction of sp³-hybridized carbons (Fsp3) is 0.524. The van der Waals surface area contributed by atoms with Crippen LogP contribution >= 0.6 is 0 Å². The van der Waals surface area contributed by atoms with E-state index in [4.69, 9.17) is 18.9 Å². The number of carbonyl (C=O) groups excluding carboxylic acids is 2. The highest BCUT2D eigenvalue weighted by molar-refractivity contribution is 5.98. The minimum Gasteiger partial charge on any atom is -0.496 e. The van der Waals surface area contributed by atoms with Gasteiger partial charge in [-0.2, -0.15) is 0 Å². The van der Waals surface area contributed by atoms with Crippen molar-refractivity contribution >= 4 is 11.9 Å². The lowest BCUT2D eigenvalue weighted by molar-refractivity contribution is -0.121. The molecule has 1 aromatic rings. The van der Waals surface area contributed by atoms with E-state index in [9.17, 15) is 9.59 Å². The summed E-state index contributed by atoms with van der Waals surface area (Å²) < 4.78 is 21.3. The summed E-state index contributed by atoms with van der Waals surface area (Å²) in [6, 6.07) is 0. The molecule has 7 heteroatoms. The Bertz CT molecular complexity index is 769. The van der Waals surface area contributed by atoms with E-state index in [1.807, 2.05) is 19.9 Å². The standard InChI is InChI=1S/C21H29NO6/c1-13(7-9-17(23)22-10-11-25-3)6-8-15-19(26-4)14(2)16-12-28-21(24)18(16)20(15)27-5/h6H,7-12H2,1-5H3,(H,22,23). The average molecular weight is 391 g/mol. The van der Waals surface area contributed by atoms with Crippen molar-refractivity contribution < 1.29 is 28.5 Å². The van der Waals surface area contributed by atoms with Gasteiger partial charge in [0.1, 0.15) is 23.7 Å². The fourth-order valence-corrected chi connectivity index (χ4v) is 3.31. The molecule has 7 nitrogen and oxygen atoms in total. The van der Waals surface area contributed by atoms with Crippen molar-refractivity contribution in [2.24, 2.45) is 0 Å². The summed E-state index contributed by atoms with van der Waals surface area (Å²) >= 11 is 0. The van der Waals surface area contributed by atoms with Crippen molar-refractivity contribution in [2.45, 2.75) is 39.7 Å². The Morgan fingerprint density at radius 2 is 1.89 bits per heavy atom. The Morgan fingerprint density at radius 1 is 1.18 bits per heavy atom. The number of benzene rings is 1. The maximum atomic E-state index is 12.2. The van der Waals surface area contributed by atoms with Gasteiger partial charge in [0, 0.05) is 31.2 Å². The molecular weight excluding hydrogens is 362 g/mol. The first-order chi connectivity index (χ1) is 13.4. The molecule has 0 aliphatic carbocycles. The van der Waals surface area contributed by atoms with Crippen molar-refractivity contribution in [3.63, 3.8) is 0 Å². The predicted molar refractivity (Wildman–Crippen MR) is 105 cm³/mol. The SMILES string of the molecule is COCCNC(=O)CCC(C)=CCc1c(OC)c(C)c2c(c1OC)C(=O)OC2. The first-order valence-corrected chi connectivity index (χ1v) is 9.29. The molecule has 0 saturated carbocycles. The number of esters is 1. The third-order valence-electron chi connectivity index (χ3n) is 4.86. The summed E-state index contributed by atoms with van der Waals surface area (Å²) in [6.45, 7) is 5.15. The number of hydrogen-bond acceptors (Lipinski definition) is 6. The van der Waals surface area contributed by atoms with Crippen molar-refractivity contribution in [1.82, 2.24) is 5.32 Å². The Labute approximate surface area is 166 Å². The Kier molecular flexibility index (Phi) is 7.87. The minimum absolute atomic E-state index is 0.00363. The lowest BCUT2D eigenvalue weighted by Gasteiger charge is -2.18. The zero-order valence-corrected chi connectivity index (χ0v) is 17.3. The van der Waals surface area contributed by atoms with E-state index in [0.29, 0.717) is 49.5 Å². The van der Waals surface area contributed by atoms with Gasteiger partial charge in [-0.1, -0.05) is 11.6 Å². The Balaban J connectivity index is 2.16. The molecule has 1 aromatic carbocycles. The number of methoxy groups -OCH3 is 3. The quantitative estimate of drug-likeness (QED) is 0.375. The summed E-state index contributed by atoms with van der Waals surface area (Å²) in [7, 11) is 4.75. The van der Waals surface area contributed by atoms with Gasteiger partial charge in [0.15, 0.2) is 0 Å². The van der Waals surface area contributed by atoms with Crippen molar-refractivity contribution in [1.29, 1.82) is 0 Å². The van der Waals surface area contributed by atoms with Crippen LogP contribution in [0.25, 0.3) is 0 Å². The van der Waals surface area contributed by atoms with Gasteiger partial charge >= 0.3 is 5.97 Å². The maximum absolute atomic E-state index is 12.2. The number of cyclic esters (lactones) is 1.